The van der Waals surface area contributed by atoms with Crippen molar-refractivity contribution < 1.29 is 9.47 Å². The molecule has 0 amide bonds. The quantitative estimate of drug-likeness (QED) is 0.541. The summed E-state index contributed by atoms with van der Waals surface area (Å²) in [5.74, 6) is 0. The van der Waals surface area contributed by atoms with Crippen molar-refractivity contribution in [3.05, 3.63) is 29.8 Å². The van der Waals surface area contributed by atoms with E-state index in [4.69, 9.17) is 21.7 Å². The molecule has 20 heavy (non-hydrogen) atoms. The molecule has 0 fully saturated rings. The van der Waals surface area contributed by atoms with Gasteiger partial charge in [-0.1, -0.05) is 18.2 Å². The maximum absolute atomic E-state index is 5.29. The number of anilines is 1. The molecule has 1 aromatic rings. The summed E-state index contributed by atoms with van der Waals surface area (Å²) in [5, 5.41) is 7.06. The molecule has 1 aromatic carbocycles. The van der Waals surface area contributed by atoms with Crippen LogP contribution in [0.15, 0.2) is 24.3 Å². The van der Waals surface area contributed by atoms with E-state index < -0.39 is 0 Å². The second-order valence-electron chi connectivity index (χ2n) is 4.33. The van der Waals surface area contributed by atoms with Gasteiger partial charge in [-0.25, -0.2) is 0 Å². The zero-order chi connectivity index (χ0) is 14.6. The highest BCUT2D eigenvalue weighted by atomic mass is 32.1. The van der Waals surface area contributed by atoms with Crippen LogP contribution in [0, 0.1) is 0 Å². The molecule has 2 N–H and O–H groups in total. The highest BCUT2D eigenvalue weighted by Crippen LogP contribution is 2.15. The smallest absolute Gasteiger partial charge is 0.170 e. The molecule has 0 heterocycles. The lowest BCUT2D eigenvalue weighted by Gasteiger charge is -2.14. The third kappa shape index (κ3) is 6.84. The first-order valence-electron chi connectivity index (χ1n) is 6.97. The Balaban J connectivity index is 2.37. The van der Waals surface area contributed by atoms with Gasteiger partial charge in [0, 0.05) is 32.6 Å². The number of hydrogen-bond acceptors (Lipinski definition) is 3. The fourth-order valence-corrected chi connectivity index (χ4v) is 1.97. The molecule has 0 aromatic heterocycles. The van der Waals surface area contributed by atoms with Gasteiger partial charge in [-0.2, -0.15) is 0 Å². The first kappa shape index (κ1) is 16.9. The summed E-state index contributed by atoms with van der Waals surface area (Å²) in [7, 11) is 1.71. The largest absolute Gasteiger partial charge is 0.384 e. The van der Waals surface area contributed by atoms with E-state index in [0.717, 1.165) is 38.3 Å². The zero-order valence-corrected chi connectivity index (χ0v) is 13.1. The summed E-state index contributed by atoms with van der Waals surface area (Å²) >= 11 is 5.29. The van der Waals surface area contributed by atoms with Crippen molar-refractivity contribution in [1.82, 2.24) is 5.32 Å². The van der Waals surface area contributed by atoms with E-state index in [2.05, 4.69) is 16.7 Å². The van der Waals surface area contributed by atoms with Crippen LogP contribution in [0.3, 0.4) is 0 Å². The molecule has 0 aliphatic heterocycles. The maximum Gasteiger partial charge on any atom is 0.170 e. The number of rotatable bonds is 9. The average molecular weight is 296 g/mol. The zero-order valence-electron chi connectivity index (χ0n) is 12.3. The van der Waals surface area contributed by atoms with E-state index in [-0.39, 0.29) is 0 Å². The van der Waals surface area contributed by atoms with Crippen LogP contribution >= 0.6 is 12.2 Å². The predicted molar refractivity (Wildman–Crippen MR) is 87.4 cm³/mol. The third-order valence-corrected chi connectivity index (χ3v) is 3.04. The third-order valence-electron chi connectivity index (χ3n) is 2.80. The van der Waals surface area contributed by atoms with Crippen molar-refractivity contribution in [1.29, 1.82) is 0 Å². The van der Waals surface area contributed by atoms with Gasteiger partial charge in [-0.3, -0.25) is 0 Å². The van der Waals surface area contributed by atoms with Crippen LogP contribution in [0.25, 0.3) is 0 Å². The second kappa shape index (κ2) is 10.6. The number of ether oxygens (including phenoxy) is 2. The Bertz CT molecular complexity index is 399. The molecule has 0 spiro atoms. The molecule has 0 saturated carbocycles. The average Bonchev–Trinajstić information content (AvgIpc) is 2.46. The molecule has 1 rings (SSSR count). The minimum atomic E-state index is 0.645. The first-order chi connectivity index (χ1) is 9.77. The van der Waals surface area contributed by atoms with Crippen LogP contribution in [-0.2, 0) is 15.9 Å². The van der Waals surface area contributed by atoms with Gasteiger partial charge in [0.15, 0.2) is 5.11 Å². The highest BCUT2D eigenvalue weighted by molar-refractivity contribution is 7.80. The van der Waals surface area contributed by atoms with Crippen LogP contribution < -0.4 is 10.6 Å². The van der Waals surface area contributed by atoms with E-state index >= 15 is 0 Å². The molecule has 112 valence electrons. The lowest BCUT2D eigenvalue weighted by atomic mass is 10.1. The van der Waals surface area contributed by atoms with Crippen LogP contribution in [-0.4, -0.2) is 38.6 Å². The Morgan fingerprint density at radius 3 is 2.80 bits per heavy atom. The highest BCUT2D eigenvalue weighted by Gasteiger charge is 2.03. The molecule has 4 nitrogen and oxygen atoms in total. The summed E-state index contributed by atoms with van der Waals surface area (Å²) in [6.45, 7) is 5.03. The molecule has 0 aliphatic rings. The topological polar surface area (TPSA) is 42.5 Å². The van der Waals surface area contributed by atoms with Crippen molar-refractivity contribution in [3.8, 4) is 0 Å². The van der Waals surface area contributed by atoms with E-state index in [1.54, 1.807) is 7.11 Å². The number of methoxy groups -OCH3 is 1. The van der Waals surface area contributed by atoms with Crippen LogP contribution in [0.5, 0.6) is 0 Å². The minimum Gasteiger partial charge on any atom is -0.384 e. The van der Waals surface area contributed by atoms with Gasteiger partial charge in [0.1, 0.15) is 0 Å². The number of thiocarbonyl (C=S) groups is 1. The fraction of sp³-hybridized carbons (Fsp3) is 0.533. The van der Waals surface area contributed by atoms with Crippen LogP contribution in [0.1, 0.15) is 18.9 Å². The molecule has 0 radical (unpaired) electrons. The Labute approximate surface area is 126 Å². The lowest BCUT2D eigenvalue weighted by Crippen LogP contribution is -2.30. The van der Waals surface area contributed by atoms with Crippen molar-refractivity contribution in [2.45, 2.75) is 19.8 Å². The Morgan fingerprint density at radius 2 is 2.05 bits per heavy atom. The van der Waals surface area contributed by atoms with Gasteiger partial charge >= 0.3 is 0 Å². The second-order valence-corrected chi connectivity index (χ2v) is 4.74. The Hall–Kier alpha value is -1.17. The summed E-state index contributed by atoms with van der Waals surface area (Å²) in [4.78, 5) is 0. The summed E-state index contributed by atoms with van der Waals surface area (Å²) in [6.07, 6.45) is 1.81. The van der Waals surface area contributed by atoms with Crippen LogP contribution in [0.4, 0.5) is 5.69 Å². The fourth-order valence-electron chi connectivity index (χ4n) is 1.76. The number of hydrogen-bond donors (Lipinski definition) is 2. The summed E-state index contributed by atoms with van der Waals surface area (Å²) in [6, 6.07) is 8.13. The molecule has 0 unspecified atom stereocenters. The monoisotopic (exact) mass is 296 g/mol. The molecule has 0 bridgehead atoms. The van der Waals surface area contributed by atoms with E-state index in [9.17, 15) is 0 Å². The van der Waals surface area contributed by atoms with Gasteiger partial charge in [-0.05, 0) is 43.6 Å². The van der Waals surface area contributed by atoms with Gasteiger partial charge in [0.05, 0.1) is 6.61 Å². The van der Waals surface area contributed by atoms with Crippen molar-refractivity contribution >= 4 is 23.0 Å². The Morgan fingerprint density at radius 1 is 1.25 bits per heavy atom. The lowest BCUT2D eigenvalue weighted by molar-refractivity contribution is 0.146. The van der Waals surface area contributed by atoms with Crippen LogP contribution in [0.2, 0.25) is 0 Å². The minimum absolute atomic E-state index is 0.645. The summed E-state index contributed by atoms with van der Waals surface area (Å²) < 4.78 is 10.4. The van der Waals surface area contributed by atoms with Crippen molar-refractivity contribution in [3.63, 3.8) is 0 Å². The van der Waals surface area contributed by atoms with Crippen molar-refractivity contribution in [2.24, 2.45) is 0 Å². The Kier molecular flexibility index (Phi) is 8.95. The van der Waals surface area contributed by atoms with E-state index in [1.807, 2.05) is 25.1 Å². The predicted octanol–water partition coefficient (Wildman–Crippen LogP) is 2.59. The van der Waals surface area contributed by atoms with Crippen molar-refractivity contribution in [2.75, 3.05) is 38.8 Å². The SMILES string of the molecule is CCOCCCNC(=S)Nc1ccccc1CCOC. The van der Waals surface area contributed by atoms with E-state index in [0.29, 0.717) is 11.7 Å². The maximum atomic E-state index is 5.29. The van der Waals surface area contributed by atoms with Gasteiger partial charge in [0.25, 0.3) is 0 Å². The molecule has 5 heteroatoms. The molecule has 0 aliphatic carbocycles. The number of para-hydroxylation sites is 1. The van der Waals surface area contributed by atoms with Gasteiger partial charge in [-0.15, -0.1) is 0 Å². The van der Waals surface area contributed by atoms with Gasteiger partial charge in [0.2, 0.25) is 0 Å². The molecular weight excluding hydrogens is 272 g/mol. The van der Waals surface area contributed by atoms with E-state index in [1.165, 1.54) is 5.56 Å². The molecule has 0 atom stereocenters. The normalized spacial score (nSPS) is 10.3. The number of nitrogens with one attached hydrogen (secondary N) is 2. The summed E-state index contributed by atoms with van der Waals surface area (Å²) in [5.41, 5.74) is 2.24. The molecule has 0 saturated heterocycles. The first-order valence-corrected chi connectivity index (χ1v) is 7.38. The molecular formula is C15H24N2O2S. The van der Waals surface area contributed by atoms with Gasteiger partial charge < -0.3 is 20.1 Å². The standard InChI is InChI=1S/C15H24N2O2S/c1-3-19-11-6-10-16-15(20)17-14-8-5-4-7-13(14)9-12-18-2/h4-5,7-8H,3,6,9-12H2,1-2H3,(H2,16,17,20). The number of benzene rings is 1.